The van der Waals surface area contributed by atoms with E-state index in [1.54, 1.807) is 5.38 Å². The van der Waals surface area contributed by atoms with Crippen LogP contribution < -0.4 is 5.73 Å². The molecule has 6 heteroatoms. The van der Waals surface area contributed by atoms with E-state index in [0.29, 0.717) is 12.2 Å². The van der Waals surface area contributed by atoms with Crippen LogP contribution in [0.5, 0.6) is 0 Å². The van der Waals surface area contributed by atoms with Crippen LogP contribution in [0.25, 0.3) is 0 Å². The minimum atomic E-state index is -0.0119. The molecular formula is C16H27N3O2S. The van der Waals surface area contributed by atoms with Crippen LogP contribution in [0.4, 0.5) is 0 Å². The van der Waals surface area contributed by atoms with Crippen molar-refractivity contribution in [1.29, 1.82) is 0 Å². The molecule has 1 saturated carbocycles. The molecule has 22 heavy (non-hydrogen) atoms. The quantitative estimate of drug-likeness (QED) is 0.837. The maximum atomic E-state index is 12.7. The largest absolute Gasteiger partial charge is 0.378 e. The fourth-order valence-corrected chi connectivity index (χ4v) is 4.36. The van der Waals surface area contributed by atoms with Crippen LogP contribution in [0.3, 0.4) is 0 Å². The second kappa shape index (κ2) is 7.06. The van der Waals surface area contributed by atoms with Crippen molar-refractivity contribution >= 4 is 17.2 Å². The van der Waals surface area contributed by atoms with Gasteiger partial charge in [-0.3, -0.25) is 4.79 Å². The van der Waals surface area contributed by atoms with Gasteiger partial charge < -0.3 is 15.4 Å². The van der Waals surface area contributed by atoms with Gasteiger partial charge in [-0.25, -0.2) is 4.98 Å². The van der Waals surface area contributed by atoms with Gasteiger partial charge in [0.25, 0.3) is 5.91 Å². The fourth-order valence-electron chi connectivity index (χ4n) is 3.71. The van der Waals surface area contributed by atoms with Gasteiger partial charge in [-0.05, 0) is 26.2 Å². The Labute approximate surface area is 136 Å². The summed E-state index contributed by atoms with van der Waals surface area (Å²) in [5.74, 6) is -0.0119. The Balaban J connectivity index is 2.14. The number of hydrogen-bond acceptors (Lipinski definition) is 5. The predicted octanol–water partition coefficient (Wildman–Crippen LogP) is 2.66. The van der Waals surface area contributed by atoms with Crippen LogP contribution in [0.1, 0.15) is 55.5 Å². The van der Waals surface area contributed by atoms with Crippen molar-refractivity contribution < 1.29 is 9.53 Å². The minimum Gasteiger partial charge on any atom is -0.378 e. The molecule has 5 nitrogen and oxygen atoms in total. The first-order valence-electron chi connectivity index (χ1n) is 8.07. The molecule has 2 rings (SSSR count). The summed E-state index contributed by atoms with van der Waals surface area (Å²) in [6.45, 7) is 7.51. The van der Waals surface area contributed by atoms with Gasteiger partial charge in [-0.15, -0.1) is 11.3 Å². The first kappa shape index (κ1) is 17.4. The van der Waals surface area contributed by atoms with E-state index in [9.17, 15) is 4.79 Å². The van der Waals surface area contributed by atoms with E-state index in [1.807, 2.05) is 18.9 Å². The Hall–Kier alpha value is -0.980. The molecule has 0 bridgehead atoms. The molecule has 1 aromatic heterocycles. The Kier molecular flexibility index (Phi) is 5.58. The standard InChI is InChI=1S/C16H27N3O2S/c1-5-16(6-2)12(8-13(16)21-7-3)19(4)15(20)11-10-22-14(9-17)18-11/h10,12-13H,5-9,17H2,1-4H3. The number of nitrogens with zero attached hydrogens (tertiary/aromatic N) is 2. The van der Waals surface area contributed by atoms with Gasteiger partial charge in [-0.2, -0.15) is 0 Å². The van der Waals surface area contributed by atoms with E-state index >= 15 is 0 Å². The van der Waals surface area contributed by atoms with E-state index in [-0.39, 0.29) is 23.5 Å². The number of amides is 1. The van der Waals surface area contributed by atoms with Gasteiger partial charge in [-0.1, -0.05) is 13.8 Å². The molecule has 0 aromatic carbocycles. The lowest BCUT2D eigenvalue weighted by atomic mass is 9.58. The Bertz CT molecular complexity index is 513. The lowest BCUT2D eigenvalue weighted by molar-refractivity contribution is -0.159. The van der Waals surface area contributed by atoms with Crippen molar-refractivity contribution in [2.75, 3.05) is 13.7 Å². The molecule has 1 aromatic rings. The molecule has 1 fully saturated rings. The van der Waals surface area contributed by atoms with Crippen molar-refractivity contribution in [2.24, 2.45) is 11.1 Å². The molecule has 0 aliphatic heterocycles. The molecule has 2 atom stereocenters. The number of ether oxygens (including phenoxy) is 1. The normalized spacial score (nSPS) is 23.1. The summed E-state index contributed by atoms with van der Waals surface area (Å²) in [6, 6.07) is 0.217. The highest BCUT2D eigenvalue weighted by atomic mass is 32.1. The smallest absolute Gasteiger partial charge is 0.273 e. The van der Waals surface area contributed by atoms with Crippen molar-refractivity contribution in [3.63, 3.8) is 0 Å². The first-order chi connectivity index (χ1) is 10.5. The second-order valence-electron chi connectivity index (χ2n) is 5.88. The van der Waals surface area contributed by atoms with E-state index in [1.165, 1.54) is 11.3 Å². The first-order valence-corrected chi connectivity index (χ1v) is 8.95. The molecule has 1 heterocycles. The molecule has 2 unspecified atom stereocenters. The lowest BCUT2D eigenvalue weighted by Gasteiger charge is -2.58. The van der Waals surface area contributed by atoms with E-state index in [0.717, 1.165) is 30.9 Å². The number of thiazole rings is 1. The van der Waals surface area contributed by atoms with Crippen molar-refractivity contribution in [1.82, 2.24) is 9.88 Å². The monoisotopic (exact) mass is 325 g/mol. The molecule has 2 N–H and O–H groups in total. The summed E-state index contributed by atoms with van der Waals surface area (Å²) >= 11 is 1.44. The van der Waals surface area contributed by atoms with E-state index in [2.05, 4.69) is 18.8 Å². The molecule has 1 amide bonds. The van der Waals surface area contributed by atoms with Crippen LogP contribution in [-0.4, -0.2) is 41.6 Å². The highest BCUT2D eigenvalue weighted by molar-refractivity contribution is 7.09. The van der Waals surface area contributed by atoms with Crippen LogP contribution in [0.2, 0.25) is 0 Å². The SMILES string of the molecule is CCOC1CC(N(C)C(=O)c2csc(CN)n2)C1(CC)CC. The number of hydrogen-bond donors (Lipinski definition) is 1. The highest BCUT2D eigenvalue weighted by Crippen LogP contribution is 2.51. The Morgan fingerprint density at radius 3 is 2.68 bits per heavy atom. The fraction of sp³-hybridized carbons (Fsp3) is 0.750. The van der Waals surface area contributed by atoms with Gasteiger partial charge in [0.2, 0.25) is 0 Å². The Morgan fingerprint density at radius 1 is 1.50 bits per heavy atom. The molecular weight excluding hydrogens is 298 g/mol. The van der Waals surface area contributed by atoms with Crippen LogP contribution in [0.15, 0.2) is 5.38 Å². The molecule has 0 spiro atoms. The van der Waals surface area contributed by atoms with E-state index < -0.39 is 0 Å². The molecule has 0 radical (unpaired) electrons. The van der Waals surface area contributed by atoms with Crippen LogP contribution in [-0.2, 0) is 11.3 Å². The second-order valence-corrected chi connectivity index (χ2v) is 6.83. The van der Waals surface area contributed by atoms with Crippen molar-refractivity contribution in [3.05, 3.63) is 16.1 Å². The molecule has 1 aliphatic rings. The maximum Gasteiger partial charge on any atom is 0.273 e. The van der Waals surface area contributed by atoms with Crippen molar-refractivity contribution in [3.8, 4) is 0 Å². The zero-order valence-corrected chi connectivity index (χ0v) is 14.8. The lowest BCUT2D eigenvalue weighted by Crippen LogP contribution is -2.64. The topological polar surface area (TPSA) is 68.5 Å². The predicted molar refractivity (Wildman–Crippen MR) is 88.9 cm³/mol. The third-order valence-corrected chi connectivity index (χ3v) is 6.03. The number of nitrogens with two attached hydrogens (primary N) is 1. The Morgan fingerprint density at radius 2 is 2.18 bits per heavy atom. The zero-order chi connectivity index (χ0) is 16.3. The summed E-state index contributed by atoms with van der Waals surface area (Å²) in [5.41, 5.74) is 6.15. The zero-order valence-electron chi connectivity index (χ0n) is 14.0. The third-order valence-electron chi connectivity index (χ3n) is 5.16. The summed E-state index contributed by atoms with van der Waals surface area (Å²) in [6.07, 6.45) is 3.19. The molecule has 124 valence electrons. The number of carbonyl (C=O) groups excluding carboxylic acids is 1. The average Bonchev–Trinajstić information content (AvgIpc) is 3.00. The van der Waals surface area contributed by atoms with Gasteiger partial charge in [0.15, 0.2) is 0 Å². The average molecular weight is 325 g/mol. The number of rotatable bonds is 7. The van der Waals surface area contributed by atoms with Crippen molar-refractivity contribution in [2.45, 2.75) is 58.7 Å². The minimum absolute atomic E-state index is 0.0119. The maximum absolute atomic E-state index is 12.7. The van der Waals surface area contributed by atoms with Gasteiger partial charge in [0.05, 0.1) is 6.10 Å². The number of carbonyl (C=O) groups is 1. The van der Waals surface area contributed by atoms with Crippen LogP contribution in [0, 0.1) is 5.41 Å². The van der Waals surface area contributed by atoms with Crippen LogP contribution >= 0.6 is 11.3 Å². The third kappa shape index (κ3) is 2.79. The summed E-state index contributed by atoms with van der Waals surface area (Å²) < 4.78 is 5.89. The molecule has 0 saturated heterocycles. The van der Waals surface area contributed by atoms with Gasteiger partial charge in [0.1, 0.15) is 10.7 Å². The van der Waals surface area contributed by atoms with Gasteiger partial charge >= 0.3 is 0 Å². The summed E-state index contributed by atoms with van der Waals surface area (Å²) in [7, 11) is 1.89. The van der Waals surface area contributed by atoms with E-state index in [4.69, 9.17) is 10.5 Å². The highest BCUT2D eigenvalue weighted by Gasteiger charge is 2.55. The molecule has 1 aliphatic carbocycles. The number of aromatic nitrogens is 1. The summed E-state index contributed by atoms with van der Waals surface area (Å²) in [4.78, 5) is 18.9. The summed E-state index contributed by atoms with van der Waals surface area (Å²) in [5, 5.41) is 2.61. The van der Waals surface area contributed by atoms with Gasteiger partial charge in [0, 0.05) is 37.0 Å².